The number of nitrogens with zero attached hydrogens (tertiary/aromatic N) is 4. The van der Waals surface area contributed by atoms with Crippen LogP contribution in [0.1, 0.15) is 16.7 Å². The molecule has 166 valence electrons. The second kappa shape index (κ2) is 8.48. The Labute approximate surface area is 192 Å². The average Bonchev–Trinajstić information content (AvgIpc) is 3.24. The van der Waals surface area contributed by atoms with Gasteiger partial charge in [0.1, 0.15) is 16.5 Å². The lowest BCUT2D eigenvalue weighted by Crippen LogP contribution is -2.26. The highest BCUT2D eigenvalue weighted by Gasteiger charge is 2.26. The summed E-state index contributed by atoms with van der Waals surface area (Å²) in [7, 11) is 5.52. The van der Waals surface area contributed by atoms with Gasteiger partial charge in [-0.1, -0.05) is 17.7 Å². The van der Waals surface area contributed by atoms with E-state index >= 15 is 0 Å². The van der Waals surface area contributed by atoms with Crippen LogP contribution in [0.2, 0.25) is 5.02 Å². The van der Waals surface area contributed by atoms with Crippen molar-refractivity contribution in [2.24, 2.45) is 0 Å². The molecule has 8 heteroatoms. The first-order valence-corrected chi connectivity index (χ1v) is 11.1. The van der Waals surface area contributed by atoms with E-state index in [2.05, 4.69) is 45.3 Å². The van der Waals surface area contributed by atoms with E-state index in [1.807, 2.05) is 12.1 Å². The van der Waals surface area contributed by atoms with Gasteiger partial charge < -0.3 is 24.6 Å². The van der Waals surface area contributed by atoms with Crippen molar-refractivity contribution in [2.75, 3.05) is 44.6 Å². The molecule has 0 saturated heterocycles. The molecule has 3 heterocycles. The molecule has 1 N–H and O–H groups in total. The molecule has 2 aliphatic rings. The van der Waals surface area contributed by atoms with E-state index in [1.165, 1.54) is 16.7 Å². The summed E-state index contributed by atoms with van der Waals surface area (Å²) < 4.78 is 11.2. The highest BCUT2D eigenvalue weighted by atomic mass is 35.5. The molecule has 0 bridgehead atoms. The summed E-state index contributed by atoms with van der Waals surface area (Å²) in [6, 6.07) is 10.3. The number of hydrogen-bond acceptors (Lipinski definition) is 7. The molecule has 0 saturated carbocycles. The lowest BCUT2D eigenvalue weighted by atomic mass is 9.99. The Morgan fingerprint density at radius 3 is 2.69 bits per heavy atom. The third-order valence-corrected chi connectivity index (χ3v) is 6.42. The van der Waals surface area contributed by atoms with Crippen molar-refractivity contribution in [3.8, 4) is 11.5 Å². The maximum atomic E-state index is 6.53. The molecule has 2 aromatic carbocycles. The van der Waals surface area contributed by atoms with Gasteiger partial charge in [-0.3, -0.25) is 0 Å². The van der Waals surface area contributed by atoms with E-state index in [4.69, 9.17) is 26.1 Å². The monoisotopic (exact) mass is 451 g/mol. The molecule has 2 aliphatic heterocycles. The topological polar surface area (TPSA) is 62.8 Å². The number of likely N-dealkylation sites (N-methyl/N-ethyl adjacent to an activating group) is 1. The summed E-state index contributed by atoms with van der Waals surface area (Å²) in [4.78, 5) is 13.6. The molecule has 0 aliphatic carbocycles. The standard InChI is InChI=1S/C24H26ClN5O2/c1-29-9-7-15-12-22(32-3)19(11-16(15)14-29)27-24-26-13-18(25)23(28-24)30-10-8-17-20(30)5-4-6-21(17)31-2/h4-6,11-13H,7-10,14H2,1-3H3,(H,26,27,28). The molecule has 0 atom stereocenters. The van der Waals surface area contributed by atoms with E-state index in [9.17, 15) is 0 Å². The molecule has 3 aromatic rings. The highest BCUT2D eigenvalue weighted by Crippen LogP contribution is 2.41. The van der Waals surface area contributed by atoms with Crippen LogP contribution in [0.25, 0.3) is 0 Å². The number of rotatable bonds is 5. The number of nitrogens with one attached hydrogen (secondary N) is 1. The second-order valence-corrected chi connectivity index (χ2v) is 8.57. The largest absolute Gasteiger partial charge is 0.496 e. The Balaban J connectivity index is 1.48. The van der Waals surface area contributed by atoms with Crippen LogP contribution in [0, 0.1) is 0 Å². The smallest absolute Gasteiger partial charge is 0.229 e. The molecular weight excluding hydrogens is 426 g/mol. The molecule has 7 nitrogen and oxygen atoms in total. The van der Waals surface area contributed by atoms with Gasteiger partial charge in [0, 0.05) is 30.9 Å². The van der Waals surface area contributed by atoms with Crippen LogP contribution < -0.4 is 19.7 Å². The summed E-state index contributed by atoms with van der Waals surface area (Å²) in [5, 5.41) is 3.86. The minimum absolute atomic E-state index is 0.475. The minimum atomic E-state index is 0.475. The third kappa shape index (κ3) is 3.72. The van der Waals surface area contributed by atoms with Gasteiger partial charge in [-0.15, -0.1) is 0 Å². The maximum absolute atomic E-state index is 6.53. The third-order valence-electron chi connectivity index (χ3n) is 6.16. The summed E-state index contributed by atoms with van der Waals surface area (Å²) >= 11 is 6.53. The highest BCUT2D eigenvalue weighted by molar-refractivity contribution is 6.33. The predicted molar refractivity (Wildman–Crippen MR) is 127 cm³/mol. The fraction of sp³-hybridized carbons (Fsp3) is 0.333. The van der Waals surface area contributed by atoms with Gasteiger partial charge >= 0.3 is 0 Å². The van der Waals surface area contributed by atoms with Crippen molar-refractivity contribution < 1.29 is 9.47 Å². The van der Waals surface area contributed by atoms with E-state index in [0.717, 1.165) is 55.3 Å². The molecule has 5 rings (SSSR count). The van der Waals surface area contributed by atoms with Crippen molar-refractivity contribution in [3.05, 3.63) is 58.2 Å². The van der Waals surface area contributed by atoms with E-state index in [1.54, 1.807) is 20.4 Å². The number of benzene rings is 2. The number of halogens is 1. The van der Waals surface area contributed by atoms with Gasteiger partial charge in [0.15, 0.2) is 5.82 Å². The molecule has 0 amide bonds. The van der Waals surface area contributed by atoms with Crippen molar-refractivity contribution in [1.82, 2.24) is 14.9 Å². The second-order valence-electron chi connectivity index (χ2n) is 8.16. The fourth-order valence-electron chi connectivity index (χ4n) is 4.54. The van der Waals surface area contributed by atoms with Gasteiger partial charge in [-0.05, 0) is 55.3 Å². The van der Waals surface area contributed by atoms with E-state index in [-0.39, 0.29) is 0 Å². The Kier molecular flexibility index (Phi) is 5.53. The lowest BCUT2D eigenvalue weighted by Gasteiger charge is -2.26. The zero-order valence-electron chi connectivity index (χ0n) is 18.5. The van der Waals surface area contributed by atoms with Gasteiger partial charge in [0.2, 0.25) is 5.95 Å². The van der Waals surface area contributed by atoms with Gasteiger partial charge in [-0.25, -0.2) is 4.98 Å². The molecule has 32 heavy (non-hydrogen) atoms. The zero-order chi connectivity index (χ0) is 22.2. The number of aromatic nitrogens is 2. The Morgan fingerprint density at radius 2 is 1.88 bits per heavy atom. The van der Waals surface area contributed by atoms with Crippen LogP contribution in [-0.4, -0.2) is 49.2 Å². The lowest BCUT2D eigenvalue weighted by molar-refractivity contribution is 0.312. The zero-order valence-corrected chi connectivity index (χ0v) is 19.2. The van der Waals surface area contributed by atoms with E-state index < -0.39 is 0 Å². The van der Waals surface area contributed by atoms with Crippen LogP contribution in [0.4, 0.5) is 23.1 Å². The number of ether oxygens (including phenoxy) is 2. The van der Waals surface area contributed by atoms with Crippen molar-refractivity contribution in [3.63, 3.8) is 0 Å². The van der Waals surface area contributed by atoms with E-state index in [0.29, 0.717) is 16.8 Å². The fourth-order valence-corrected chi connectivity index (χ4v) is 4.73. The first-order chi connectivity index (χ1) is 15.6. The van der Waals surface area contributed by atoms with Crippen LogP contribution in [-0.2, 0) is 19.4 Å². The van der Waals surface area contributed by atoms with Crippen LogP contribution >= 0.6 is 11.6 Å². The number of methoxy groups -OCH3 is 2. The molecule has 0 unspecified atom stereocenters. The maximum Gasteiger partial charge on any atom is 0.229 e. The predicted octanol–water partition coefficient (Wildman–Crippen LogP) is 4.57. The van der Waals surface area contributed by atoms with Crippen molar-refractivity contribution in [1.29, 1.82) is 0 Å². The molecular formula is C24H26ClN5O2. The summed E-state index contributed by atoms with van der Waals surface area (Å²) in [6.07, 6.45) is 3.53. The minimum Gasteiger partial charge on any atom is -0.496 e. The van der Waals surface area contributed by atoms with Crippen LogP contribution in [0.3, 0.4) is 0 Å². The number of anilines is 4. The number of fused-ring (bicyclic) bond motifs is 2. The van der Waals surface area contributed by atoms with Crippen LogP contribution in [0.15, 0.2) is 36.5 Å². The Morgan fingerprint density at radius 1 is 1.03 bits per heavy atom. The summed E-state index contributed by atoms with van der Waals surface area (Å²) in [6.45, 7) is 2.74. The Bertz CT molecular complexity index is 1170. The van der Waals surface area contributed by atoms with Crippen molar-refractivity contribution >= 4 is 34.7 Å². The SMILES string of the molecule is COc1cc2c(cc1Nc1ncc(Cl)c(N3CCc4c(OC)cccc43)n1)CN(C)CC2. The number of hydrogen-bond donors (Lipinski definition) is 1. The van der Waals surface area contributed by atoms with Gasteiger partial charge in [0.25, 0.3) is 0 Å². The normalized spacial score (nSPS) is 15.3. The molecule has 0 fully saturated rings. The van der Waals surface area contributed by atoms with Crippen molar-refractivity contribution in [2.45, 2.75) is 19.4 Å². The summed E-state index contributed by atoms with van der Waals surface area (Å²) in [5.74, 6) is 2.82. The first-order valence-electron chi connectivity index (χ1n) is 10.7. The quantitative estimate of drug-likeness (QED) is 0.609. The summed E-state index contributed by atoms with van der Waals surface area (Å²) in [5.41, 5.74) is 5.69. The Hall–Kier alpha value is -3.03. The molecule has 0 radical (unpaired) electrons. The first kappa shape index (κ1) is 20.8. The van der Waals surface area contributed by atoms with Crippen LogP contribution in [0.5, 0.6) is 11.5 Å². The van der Waals surface area contributed by atoms with Gasteiger partial charge in [-0.2, -0.15) is 4.98 Å². The average molecular weight is 452 g/mol. The van der Waals surface area contributed by atoms with Gasteiger partial charge in [0.05, 0.1) is 26.1 Å². The molecule has 0 spiro atoms. The molecule has 1 aromatic heterocycles.